The number of ether oxygens (including phenoxy) is 1. The molecule has 0 bridgehead atoms. The summed E-state index contributed by atoms with van der Waals surface area (Å²) >= 11 is 3.54. The van der Waals surface area contributed by atoms with Gasteiger partial charge in [-0.2, -0.15) is 0 Å². The van der Waals surface area contributed by atoms with E-state index in [0.717, 1.165) is 26.9 Å². The van der Waals surface area contributed by atoms with Gasteiger partial charge in [-0.25, -0.2) is 4.79 Å². The Balaban J connectivity index is 1.55. The number of oxime groups is 1. The van der Waals surface area contributed by atoms with E-state index in [2.05, 4.69) is 21.1 Å². The molecule has 1 aliphatic rings. The van der Waals surface area contributed by atoms with Crippen molar-refractivity contribution in [1.29, 1.82) is 0 Å². The van der Waals surface area contributed by atoms with Crippen LogP contribution in [-0.2, 0) is 16.2 Å². The number of hydrogen-bond acceptors (Lipinski definition) is 4. The minimum absolute atomic E-state index is 0.427. The molecule has 5 heteroatoms. The summed E-state index contributed by atoms with van der Waals surface area (Å²) in [6.45, 7) is 0.483. The average Bonchev–Trinajstić information content (AvgIpc) is 3.09. The van der Waals surface area contributed by atoms with E-state index in [-0.39, 0.29) is 0 Å². The first kappa shape index (κ1) is 18.2. The van der Waals surface area contributed by atoms with Gasteiger partial charge in [0, 0.05) is 5.56 Å². The second-order valence-corrected chi connectivity index (χ2v) is 7.06. The molecule has 3 aromatic rings. The minimum Gasteiger partial charge on any atom is -0.488 e. The van der Waals surface area contributed by atoms with E-state index in [1.807, 2.05) is 78.9 Å². The third-order valence-electron chi connectivity index (χ3n) is 4.25. The Labute approximate surface area is 171 Å². The van der Waals surface area contributed by atoms with E-state index in [1.165, 1.54) is 0 Å². The van der Waals surface area contributed by atoms with Gasteiger partial charge < -0.3 is 9.57 Å². The summed E-state index contributed by atoms with van der Waals surface area (Å²) in [5.41, 5.74) is 3.73. The molecule has 0 unspecified atom stereocenters. The van der Waals surface area contributed by atoms with Gasteiger partial charge in [-0.1, -0.05) is 71.9 Å². The third kappa shape index (κ3) is 4.05. The van der Waals surface area contributed by atoms with Gasteiger partial charge >= 0.3 is 5.97 Å². The molecule has 3 aromatic carbocycles. The predicted molar refractivity (Wildman–Crippen MR) is 112 cm³/mol. The molecule has 0 amide bonds. The van der Waals surface area contributed by atoms with Crippen LogP contribution in [0, 0.1) is 0 Å². The summed E-state index contributed by atoms with van der Waals surface area (Å²) < 4.78 is 6.68. The Morgan fingerprint density at radius 2 is 1.68 bits per heavy atom. The van der Waals surface area contributed by atoms with Crippen molar-refractivity contribution in [3.63, 3.8) is 0 Å². The van der Waals surface area contributed by atoms with Crippen LogP contribution >= 0.6 is 15.9 Å². The van der Waals surface area contributed by atoms with Crippen LogP contribution in [0.25, 0.3) is 6.08 Å². The van der Waals surface area contributed by atoms with Crippen LogP contribution in [0.15, 0.2) is 94.1 Å². The first-order valence-corrected chi connectivity index (χ1v) is 9.53. The van der Waals surface area contributed by atoms with Crippen molar-refractivity contribution in [3.05, 3.63) is 106 Å². The summed E-state index contributed by atoms with van der Waals surface area (Å²) in [6, 6.07) is 25.1. The van der Waals surface area contributed by atoms with Crippen molar-refractivity contribution in [3.8, 4) is 5.75 Å². The number of rotatable bonds is 5. The van der Waals surface area contributed by atoms with Crippen LogP contribution in [-0.4, -0.2) is 11.7 Å². The topological polar surface area (TPSA) is 47.9 Å². The van der Waals surface area contributed by atoms with Gasteiger partial charge in [-0.15, -0.1) is 0 Å². The third-order valence-corrected chi connectivity index (χ3v) is 4.87. The van der Waals surface area contributed by atoms with Crippen LogP contribution in [0.4, 0.5) is 0 Å². The molecule has 0 radical (unpaired) electrons. The molecule has 4 nitrogen and oxygen atoms in total. The smallest absolute Gasteiger partial charge is 0.368 e. The van der Waals surface area contributed by atoms with Crippen molar-refractivity contribution in [2.45, 2.75) is 6.61 Å². The Kier molecular flexibility index (Phi) is 5.35. The molecular formula is C23H16BrNO3. The van der Waals surface area contributed by atoms with Crippen LogP contribution < -0.4 is 4.74 Å². The van der Waals surface area contributed by atoms with E-state index in [1.54, 1.807) is 6.08 Å². The number of hydrogen-bond donors (Lipinski definition) is 0. The van der Waals surface area contributed by atoms with Crippen LogP contribution in [0.3, 0.4) is 0 Å². The molecule has 0 fully saturated rings. The lowest BCUT2D eigenvalue weighted by atomic mass is 10.0. The zero-order chi connectivity index (χ0) is 19.3. The van der Waals surface area contributed by atoms with Crippen LogP contribution in [0.5, 0.6) is 5.75 Å². The van der Waals surface area contributed by atoms with E-state index in [0.29, 0.717) is 17.9 Å². The molecular weight excluding hydrogens is 418 g/mol. The van der Waals surface area contributed by atoms with E-state index in [9.17, 15) is 4.79 Å². The maximum atomic E-state index is 12.1. The van der Waals surface area contributed by atoms with Gasteiger partial charge in [-0.05, 0) is 45.3 Å². The summed E-state index contributed by atoms with van der Waals surface area (Å²) in [5.74, 6) is 0.274. The van der Waals surface area contributed by atoms with Crippen molar-refractivity contribution in [1.82, 2.24) is 0 Å². The second kappa shape index (κ2) is 8.23. The van der Waals surface area contributed by atoms with E-state index >= 15 is 0 Å². The van der Waals surface area contributed by atoms with E-state index in [4.69, 9.17) is 9.57 Å². The molecule has 0 aliphatic carbocycles. The summed E-state index contributed by atoms with van der Waals surface area (Å²) in [6.07, 6.45) is 1.77. The average molecular weight is 434 g/mol. The first-order valence-electron chi connectivity index (χ1n) is 8.74. The van der Waals surface area contributed by atoms with Gasteiger partial charge in [0.2, 0.25) is 0 Å². The predicted octanol–water partition coefficient (Wildman–Crippen LogP) is 5.37. The van der Waals surface area contributed by atoms with Gasteiger partial charge in [0.25, 0.3) is 0 Å². The molecule has 1 heterocycles. The lowest BCUT2D eigenvalue weighted by molar-refractivity contribution is -0.136. The van der Waals surface area contributed by atoms with Gasteiger partial charge in [0.1, 0.15) is 18.1 Å². The largest absolute Gasteiger partial charge is 0.488 e. The molecule has 4 rings (SSSR count). The highest BCUT2D eigenvalue weighted by Crippen LogP contribution is 2.29. The standard InChI is InChI=1S/C23H16BrNO3/c24-20-14-17(11-12-21(20)27-15-16-7-3-1-4-8-16)13-19-22(25-28-23(19)26)18-9-5-2-6-10-18/h1-14H,15H2/b19-13-. The highest BCUT2D eigenvalue weighted by atomic mass is 79.9. The van der Waals surface area contributed by atoms with Gasteiger partial charge in [0.15, 0.2) is 0 Å². The Bertz CT molecular complexity index is 1060. The molecule has 0 aromatic heterocycles. The number of halogens is 1. The summed E-state index contributed by atoms with van der Waals surface area (Å²) in [7, 11) is 0. The number of nitrogens with zero attached hydrogens (tertiary/aromatic N) is 1. The quantitative estimate of drug-likeness (QED) is 0.401. The molecule has 138 valence electrons. The van der Waals surface area contributed by atoms with Crippen LogP contribution in [0.1, 0.15) is 16.7 Å². The van der Waals surface area contributed by atoms with Gasteiger partial charge in [0.05, 0.1) is 10.0 Å². The molecule has 28 heavy (non-hydrogen) atoms. The van der Waals surface area contributed by atoms with Crippen molar-refractivity contribution < 1.29 is 14.4 Å². The number of carbonyl (C=O) groups is 1. The lowest BCUT2D eigenvalue weighted by Crippen LogP contribution is -2.06. The highest BCUT2D eigenvalue weighted by molar-refractivity contribution is 9.10. The maximum absolute atomic E-state index is 12.1. The first-order chi connectivity index (χ1) is 13.7. The maximum Gasteiger partial charge on any atom is 0.368 e. The van der Waals surface area contributed by atoms with Gasteiger partial charge in [-0.3, -0.25) is 0 Å². The highest BCUT2D eigenvalue weighted by Gasteiger charge is 2.26. The van der Waals surface area contributed by atoms with Crippen molar-refractivity contribution in [2.24, 2.45) is 5.16 Å². The monoisotopic (exact) mass is 433 g/mol. The fraction of sp³-hybridized carbons (Fsp3) is 0.0435. The Morgan fingerprint density at radius 3 is 2.39 bits per heavy atom. The zero-order valence-electron chi connectivity index (χ0n) is 14.8. The number of benzene rings is 3. The van der Waals surface area contributed by atoms with E-state index < -0.39 is 5.97 Å². The normalized spacial score (nSPS) is 14.7. The SMILES string of the molecule is O=C1ON=C(c2ccccc2)/C1=C/c1ccc(OCc2ccccc2)c(Br)c1. The Hall–Kier alpha value is -3.18. The Morgan fingerprint density at radius 1 is 0.964 bits per heavy atom. The molecule has 1 aliphatic heterocycles. The zero-order valence-corrected chi connectivity index (χ0v) is 16.4. The molecule has 0 spiro atoms. The number of carbonyl (C=O) groups excluding carboxylic acids is 1. The fourth-order valence-corrected chi connectivity index (χ4v) is 3.35. The summed E-state index contributed by atoms with van der Waals surface area (Å²) in [5, 5.41) is 3.93. The molecule has 0 saturated carbocycles. The molecule has 0 atom stereocenters. The van der Waals surface area contributed by atoms with Crippen molar-refractivity contribution in [2.75, 3.05) is 0 Å². The second-order valence-electron chi connectivity index (χ2n) is 6.21. The molecule has 0 N–H and O–H groups in total. The molecule has 0 saturated heterocycles. The minimum atomic E-state index is -0.459. The fourth-order valence-electron chi connectivity index (χ4n) is 2.84. The van der Waals surface area contributed by atoms with Crippen LogP contribution in [0.2, 0.25) is 0 Å². The summed E-state index contributed by atoms with van der Waals surface area (Å²) in [4.78, 5) is 17.0. The lowest BCUT2D eigenvalue weighted by Gasteiger charge is -2.09. The van der Waals surface area contributed by atoms with Crippen molar-refractivity contribution >= 4 is 33.7 Å².